The summed E-state index contributed by atoms with van der Waals surface area (Å²) >= 11 is 0. The van der Waals surface area contributed by atoms with Crippen LogP contribution in [0, 0.1) is 5.82 Å². The molecule has 2 N–H and O–H groups in total. The number of aryl methyl sites for hydroxylation is 1. The van der Waals surface area contributed by atoms with Gasteiger partial charge in [0, 0.05) is 43.8 Å². The summed E-state index contributed by atoms with van der Waals surface area (Å²) < 4.78 is 16.3. The molecular weight excluding hydrogens is 313 g/mol. The molecule has 2 aromatic rings. The normalized spacial score (nSPS) is 18.1. The molecule has 128 valence electrons. The Labute approximate surface area is 138 Å². The van der Waals surface area contributed by atoms with E-state index >= 15 is 0 Å². The van der Waals surface area contributed by atoms with Crippen LogP contribution in [0.1, 0.15) is 24.2 Å². The van der Waals surface area contributed by atoms with E-state index < -0.39 is 17.2 Å². The quantitative estimate of drug-likeness (QED) is 0.893. The highest BCUT2D eigenvalue weighted by Crippen LogP contribution is 2.27. The highest BCUT2D eigenvalue weighted by molar-refractivity contribution is 5.93. The molecule has 1 atom stereocenters. The van der Waals surface area contributed by atoms with Crippen LogP contribution in [-0.4, -0.2) is 41.3 Å². The van der Waals surface area contributed by atoms with Crippen LogP contribution in [0.15, 0.2) is 23.1 Å². The Morgan fingerprint density at radius 3 is 2.83 bits per heavy atom. The summed E-state index contributed by atoms with van der Waals surface area (Å²) in [5, 5.41) is 12.5. The number of pyridine rings is 1. The molecule has 1 unspecified atom stereocenters. The predicted octanol–water partition coefficient (Wildman–Crippen LogP) is 1.66. The minimum absolute atomic E-state index is 0.0980. The Hall–Kier alpha value is -2.41. The SMILES string of the molecule is CCn1cc(C(=O)O)c(=O)c2cc(F)c(N3CCNCC3C)cc21. The maximum absolute atomic E-state index is 14.7. The number of aromatic carboxylic acids is 1. The van der Waals surface area contributed by atoms with E-state index in [2.05, 4.69) is 5.32 Å². The first-order chi connectivity index (χ1) is 11.4. The summed E-state index contributed by atoms with van der Waals surface area (Å²) in [5.74, 6) is -1.80. The van der Waals surface area contributed by atoms with Crippen molar-refractivity contribution in [3.8, 4) is 0 Å². The highest BCUT2D eigenvalue weighted by Gasteiger charge is 2.23. The van der Waals surface area contributed by atoms with E-state index in [1.54, 1.807) is 10.6 Å². The van der Waals surface area contributed by atoms with Crippen molar-refractivity contribution in [3.05, 3.63) is 39.9 Å². The first-order valence-corrected chi connectivity index (χ1v) is 8.01. The van der Waals surface area contributed by atoms with E-state index in [1.165, 1.54) is 12.3 Å². The van der Waals surface area contributed by atoms with Gasteiger partial charge in [0.25, 0.3) is 0 Å². The van der Waals surface area contributed by atoms with E-state index in [4.69, 9.17) is 0 Å². The van der Waals surface area contributed by atoms with E-state index in [0.29, 0.717) is 24.3 Å². The maximum Gasteiger partial charge on any atom is 0.341 e. The molecule has 0 spiro atoms. The second kappa shape index (κ2) is 6.24. The minimum Gasteiger partial charge on any atom is -0.477 e. The number of hydrogen-bond donors (Lipinski definition) is 2. The van der Waals surface area contributed by atoms with Crippen molar-refractivity contribution in [3.63, 3.8) is 0 Å². The lowest BCUT2D eigenvalue weighted by Gasteiger charge is -2.36. The zero-order valence-electron chi connectivity index (χ0n) is 13.7. The molecule has 1 fully saturated rings. The molecule has 1 aromatic carbocycles. The van der Waals surface area contributed by atoms with Crippen LogP contribution in [0.25, 0.3) is 10.9 Å². The molecular formula is C17H20FN3O3. The summed E-state index contributed by atoms with van der Waals surface area (Å²) in [6, 6.07) is 2.95. The Morgan fingerprint density at radius 1 is 1.46 bits per heavy atom. The van der Waals surface area contributed by atoms with Gasteiger partial charge in [-0.15, -0.1) is 0 Å². The van der Waals surface area contributed by atoms with Crippen molar-refractivity contribution in [2.75, 3.05) is 24.5 Å². The van der Waals surface area contributed by atoms with Gasteiger partial charge in [0.2, 0.25) is 5.43 Å². The Balaban J connectivity index is 2.25. The third-order valence-electron chi connectivity index (χ3n) is 4.53. The van der Waals surface area contributed by atoms with Crippen LogP contribution < -0.4 is 15.6 Å². The van der Waals surface area contributed by atoms with Crippen molar-refractivity contribution in [1.29, 1.82) is 0 Å². The van der Waals surface area contributed by atoms with Gasteiger partial charge >= 0.3 is 5.97 Å². The van der Waals surface area contributed by atoms with Gasteiger partial charge in [-0.1, -0.05) is 0 Å². The maximum atomic E-state index is 14.7. The fourth-order valence-electron chi connectivity index (χ4n) is 3.23. The summed E-state index contributed by atoms with van der Waals surface area (Å²) in [5.41, 5.74) is 0.00357. The van der Waals surface area contributed by atoms with E-state index in [9.17, 15) is 19.1 Å². The van der Waals surface area contributed by atoms with Gasteiger partial charge in [-0.05, 0) is 26.0 Å². The first-order valence-electron chi connectivity index (χ1n) is 8.01. The minimum atomic E-state index is -1.30. The van der Waals surface area contributed by atoms with Gasteiger partial charge in [0.15, 0.2) is 0 Å². The summed E-state index contributed by atoms with van der Waals surface area (Å²) in [6.07, 6.45) is 1.33. The molecule has 1 saturated heterocycles. The topological polar surface area (TPSA) is 74.6 Å². The van der Waals surface area contributed by atoms with Crippen LogP contribution in [0.2, 0.25) is 0 Å². The number of benzene rings is 1. The van der Waals surface area contributed by atoms with Gasteiger partial charge < -0.3 is 19.9 Å². The number of hydrogen-bond acceptors (Lipinski definition) is 4. The van der Waals surface area contributed by atoms with Crippen molar-refractivity contribution in [2.45, 2.75) is 26.4 Å². The Bertz CT molecular complexity index is 862. The number of carboxylic acids is 1. The summed E-state index contributed by atoms with van der Waals surface area (Å²) in [6.45, 7) is 6.55. The van der Waals surface area contributed by atoms with E-state index in [1.807, 2.05) is 18.7 Å². The number of aromatic nitrogens is 1. The van der Waals surface area contributed by atoms with Gasteiger partial charge in [-0.25, -0.2) is 9.18 Å². The molecule has 7 heteroatoms. The number of anilines is 1. The Morgan fingerprint density at radius 2 is 2.21 bits per heavy atom. The first kappa shape index (κ1) is 16.4. The molecule has 3 rings (SSSR count). The molecule has 0 radical (unpaired) electrons. The molecule has 0 amide bonds. The second-order valence-corrected chi connectivity index (χ2v) is 6.03. The van der Waals surface area contributed by atoms with E-state index in [0.717, 1.165) is 13.1 Å². The smallest absolute Gasteiger partial charge is 0.341 e. The standard InChI is InChI=1S/C17H20FN3O3/c1-3-20-9-12(17(23)24)16(22)11-6-13(18)15(7-14(11)20)21-5-4-19-8-10(21)2/h6-7,9-10,19H,3-5,8H2,1-2H3,(H,23,24). The lowest BCUT2D eigenvalue weighted by Crippen LogP contribution is -2.50. The van der Waals surface area contributed by atoms with Gasteiger partial charge in [-0.3, -0.25) is 4.79 Å². The van der Waals surface area contributed by atoms with Crippen molar-refractivity contribution < 1.29 is 14.3 Å². The fraction of sp³-hybridized carbons (Fsp3) is 0.412. The third kappa shape index (κ3) is 2.65. The van der Waals surface area contributed by atoms with Crippen molar-refractivity contribution >= 4 is 22.6 Å². The average molecular weight is 333 g/mol. The number of piperazine rings is 1. The van der Waals surface area contributed by atoms with Crippen molar-refractivity contribution in [2.24, 2.45) is 0 Å². The largest absolute Gasteiger partial charge is 0.477 e. The summed E-state index contributed by atoms with van der Waals surface area (Å²) in [7, 11) is 0. The van der Waals surface area contributed by atoms with Crippen molar-refractivity contribution in [1.82, 2.24) is 9.88 Å². The molecule has 2 heterocycles. The number of rotatable bonds is 3. The predicted molar refractivity (Wildman–Crippen MR) is 90.5 cm³/mol. The zero-order valence-corrected chi connectivity index (χ0v) is 13.7. The molecule has 0 aliphatic carbocycles. The molecule has 24 heavy (non-hydrogen) atoms. The number of nitrogens with zero attached hydrogens (tertiary/aromatic N) is 2. The molecule has 0 bridgehead atoms. The third-order valence-corrected chi connectivity index (χ3v) is 4.53. The average Bonchev–Trinajstić information content (AvgIpc) is 2.55. The van der Waals surface area contributed by atoms with Crippen LogP contribution in [0.3, 0.4) is 0 Å². The lowest BCUT2D eigenvalue weighted by molar-refractivity contribution is 0.0695. The molecule has 0 saturated carbocycles. The number of halogens is 1. The Kier molecular flexibility index (Phi) is 4.28. The molecule has 1 aliphatic rings. The molecule has 6 nitrogen and oxygen atoms in total. The van der Waals surface area contributed by atoms with Crippen LogP contribution in [0.4, 0.5) is 10.1 Å². The van der Waals surface area contributed by atoms with Gasteiger partial charge in [-0.2, -0.15) is 0 Å². The second-order valence-electron chi connectivity index (χ2n) is 6.03. The fourth-order valence-corrected chi connectivity index (χ4v) is 3.23. The highest BCUT2D eigenvalue weighted by atomic mass is 19.1. The number of nitrogens with one attached hydrogen (secondary N) is 1. The molecule has 1 aliphatic heterocycles. The van der Waals surface area contributed by atoms with E-state index in [-0.39, 0.29) is 17.0 Å². The van der Waals surface area contributed by atoms with Crippen LogP contribution >= 0.6 is 0 Å². The monoisotopic (exact) mass is 333 g/mol. The lowest BCUT2D eigenvalue weighted by atomic mass is 10.1. The summed E-state index contributed by atoms with van der Waals surface area (Å²) in [4.78, 5) is 25.6. The number of carboxylic acid groups (broad SMARTS) is 1. The van der Waals surface area contributed by atoms with Gasteiger partial charge in [0.1, 0.15) is 11.4 Å². The van der Waals surface area contributed by atoms with Crippen LogP contribution in [0.5, 0.6) is 0 Å². The number of fused-ring (bicyclic) bond motifs is 1. The zero-order chi connectivity index (χ0) is 17.4. The molecule has 1 aromatic heterocycles. The number of carbonyl (C=O) groups is 1. The van der Waals surface area contributed by atoms with Gasteiger partial charge in [0.05, 0.1) is 11.2 Å². The van der Waals surface area contributed by atoms with Crippen LogP contribution in [-0.2, 0) is 6.54 Å².